The molecule has 2 amide bonds. The van der Waals surface area contributed by atoms with Crippen LogP contribution in [0, 0.1) is 6.92 Å². The monoisotopic (exact) mass is 362 g/mol. The van der Waals surface area contributed by atoms with E-state index in [4.69, 9.17) is 0 Å². The van der Waals surface area contributed by atoms with E-state index >= 15 is 0 Å². The highest BCUT2D eigenvalue weighted by molar-refractivity contribution is 5.99. The topological polar surface area (TPSA) is 99.3 Å². The van der Waals surface area contributed by atoms with E-state index in [0.717, 1.165) is 43.5 Å². The van der Waals surface area contributed by atoms with Crippen molar-refractivity contribution in [2.24, 2.45) is 0 Å². The van der Waals surface area contributed by atoms with Crippen molar-refractivity contribution in [3.63, 3.8) is 0 Å². The third-order valence-corrected chi connectivity index (χ3v) is 4.19. The van der Waals surface area contributed by atoms with Crippen LogP contribution >= 0.6 is 0 Å². The van der Waals surface area contributed by atoms with E-state index in [1.807, 2.05) is 26.1 Å². The SMILES string of the molecule is CNCCCCNc1cccc(C(=O)NC(CCC=O)C(=O)NC)c1C. The Morgan fingerprint density at radius 3 is 2.54 bits per heavy atom. The van der Waals surface area contributed by atoms with Gasteiger partial charge in [-0.25, -0.2) is 0 Å². The third-order valence-electron chi connectivity index (χ3n) is 4.19. The Labute approximate surface area is 155 Å². The molecular weight excluding hydrogens is 332 g/mol. The molecule has 0 spiro atoms. The van der Waals surface area contributed by atoms with Crippen molar-refractivity contribution in [2.75, 3.05) is 32.5 Å². The van der Waals surface area contributed by atoms with E-state index in [1.54, 1.807) is 6.07 Å². The molecule has 7 nitrogen and oxygen atoms in total. The van der Waals surface area contributed by atoms with Gasteiger partial charge in [-0.1, -0.05) is 6.07 Å². The summed E-state index contributed by atoms with van der Waals surface area (Å²) in [6.45, 7) is 3.68. The van der Waals surface area contributed by atoms with Gasteiger partial charge in [0.15, 0.2) is 0 Å². The number of aldehydes is 1. The predicted octanol–water partition coefficient (Wildman–Crippen LogP) is 1.23. The number of unbranched alkanes of at least 4 members (excludes halogenated alkanes) is 1. The maximum Gasteiger partial charge on any atom is 0.252 e. The molecule has 7 heteroatoms. The van der Waals surface area contributed by atoms with Crippen LogP contribution in [-0.4, -0.2) is 51.3 Å². The molecule has 0 saturated heterocycles. The van der Waals surface area contributed by atoms with Gasteiger partial charge in [-0.05, 0) is 57.5 Å². The zero-order chi connectivity index (χ0) is 19.4. The summed E-state index contributed by atoms with van der Waals surface area (Å²) in [4.78, 5) is 35.1. The van der Waals surface area contributed by atoms with Crippen molar-refractivity contribution in [3.8, 4) is 0 Å². The van der Waals surface area contributed by atoms with Crippen LogP contribution in [0.15, 0.2) is 18.2 Å². The first kappa shape index (κ1) is 21.6. The van der Waals surface area contributed by atoms with Gasteiger partial charge in [0.1, 0.15) is 12.3 Å². The van der Waals surface area contributed by atoms with Gasteiger partial charge in [-0.15, -0.1) is 0 Å². The second-order valence-electron chi connectivity index (χ2n) is 6.10. The Bertz CT molecular complexity index is 604. The number of amides is 2. The largest absolute Gasteiger partial charge is 0.385 e. The Kier molecular flexibility index (Phi) is 10.0. The van der Waals surface area contributed by atoms with Crippen molar-refractivity contribution in [1.29, 1.82) is 0 Å². The first-order valence-corrected chi connectivity index (χ1v) is 8.99. The summed E-state index contributed by atoms with van der Waals surface area (Å²) in [6.07, 6.45) is 3.34. The van der Waals surface area contributed by atoms with Gasteiger partial charge in [-0.2, -0.15) is 0 Å². The van der Waals surface area contributed by atoms with Gasteiger partial charge in [0.2, 0.25) is 5.91 Å². The van der Waals surface area contributed by atoms with E-state index in [1.165, 1.54) is 7.05 Å². The number of nitrogens with one attached hydrogen (secondary N) is 4. The molecule has 0 saturated carbocycles. The summed E-state index contributed by atoms with van der Waals surface area (Å²) < 4.78 is 0. The van der Waals surface area contributed by atoms with Crippen molar-refractivity contribution >= 4 is 23.8 Å². The molecule has 0 aliphatic heterocycles. The molecule has 1 atom stereocenters. The summed E-state index contributed by atoms with van der Waals surface area (Å²) in [5, 5.41) is 11.7. The lowest BCUT2D eigenvalue weighted by Crippen LogP contribution is -2.45. The second-order valence-corrected chi connectivity index (χ2v) is 6.10. The molecule has 26 heavy (non-hydrogen) atoms. The van der Waals surface area contributed by atoms with E-state index in [2.05, 4.69) is 21.3 Å². The van der Waals surface area contributed by atoms with E-state index in [-0.39, 0.29) is 24.7 Å². The highest BCUT2D eigenvalue weighted by Gasteiger charge is 2.21. The molecule has 1 aromatic rings. The molecule has 0 radical (unpaired) electrons. The molecule has 4 N–H and O–H groups in total. The van der Waals surface area contributed by atoms with E-state index in [9.17, 15) is 14.4 Å². The average molecular weight is 362 g/mol. The number of anilines is 1. The molecule has 144 valence electrons. The van der Waals surface area contributed by atoms with E-state index < -0.39 is 6.04 Å². The molecule has 0 aromatic heterocycles. The number of carbonyl (C=O) groups is 3. The van der Waals surface area contributed by atoms with Crippen LogP contribution in [0.25, 0.3) is 0 Å². The fourth-order valence-corrected chi connectivity index (χ4v) is 2.64. The summed E-state index contributed by atoms with van der Waals surface area (Å²) in [7, 11) is 3.44. The molecule has 1 rings (SSSR count). The number of rotatable bonds is 12. The zero-order valence-corrected chi connectivity index (χ0v) is 15.9. The molecule has 0 aliphatic carbocycles. The fraction of sp³-hybridized carbons (Fsp3) is 0.526. The minimum atomic E-state index is -0.727. The van der Waals surface area contributed by atoms with Crippen LogP contribution in [0.2, 0.25) is 0 Å². The van der Waals surface area contributed by atoms with Crippen LogP contribution in [0.1, 0.15) is 41.6 Å². The lowest BCUT2D eigenvalue weighted by Gasteiger charge is -2.18. The van der Waals surface area contributed by atoms with Crippen LogP contribution < -0.4 is 21.3 Å². The van der Waals surface area contributed by atoms with Gasteiger partial charge >= 0.3 is 0 Å². The Hall–Kier alpha value is -2.41. The zero-order valence-electron chi connectivity index (χ0n) is 15.9. The van der Waals surface area contributed by atoms with Crippen LogP contribution in [0.5, 0.6) is 0 Å². The maximum atomic E-state index is 12.6. The van der Waals surface area contributed by atoms with Crippen molar-refractivity contribution in [3.05, 3.63) is 29.3 Å². The van der Waals surface area contributed by atoms with Gasteiger partial charge in [0, 0.05) is 31.3 Å². The van der Waals surface area contributed by atoms with Crippen molar-refractivity contribution in [2.45, 2.75) is 38.6 Å². The van der Waals surface area contributed by atoms with Crippen molar-refractivity contribution < 1.29 is 14.4 Å². The molecule has 0 heterocycles. The molecule has 1 aromatic carbocycles. The highest BCUT2D eigenvalue weighted by atomic mass is 16.2. The van der Waals surface area contributed by atoms with E-state index in [0.29, 0.717) is 5.56 Å². The van der Waals surface area contributed by atoms with Gasteiger partial charge < -0.3 is 26.1 Å². The molecule has 0 fully saturated rings. The van der Waals surface area contributed by atoms with Gasteiger partial charge in [0.05, 0.1) is 0 Å². The molecule has 0 bridgehead atoms. The number of benzene rings is 1. The lowest BCUT2D eigenvalue weighted by molar-refractivity contribution is -0.122. The summed E-state index contributed by atoms with van der Waals surface area (Å²) in [6, 6.07) is 4.76. The Morgan fingerprint density at radius 1 is 1.15 bits per heavy atom. The first-order chi connectivity index (χ1) is 12.5. The Morgan fingerprint density at radius 2 is 1.88 bits per heavy atom. The van der Waals surface area contributed by atoms with Gasteiger partial charge in [-0.3, -0.25) is 9.59 Å². The average Bonchev–Trinajstić information content (AvgIpc) is 2.65. The number of likely N-dealkylation sites (N-methyl/N-ethyl adjacent to an activating group) is 1. The quantitative estimate of drug-likeness (QED) is 0.331. The Balaban J connectivity index is 2.76. The van der Waals surface area contributed by atoms with Gasteiger partial charge in [0.25, 0.3) is 5.91 Å². The summed E-state index contributed by atoms with van der Waals surface area (Å²) >= 11 is 0. The number of hydrogen-bond acceptors (Lipinski definition) is 5. The molecular formula is C19H30N4O3. The third kappa shape index (κ3) is 6.84. The summed E-state index contributed by atoms with van der Waals surface area (Å²) in [5.74, 6) is -0.627. The molecule has 1 unspecified atom stereocenters. The highest BCUT2D eigenvalue weighted by Crippen LogP contribution is 2.19. The smallest absolute Gasteiger partial charge is 0.252 e. The number of carbonyl (C=O) groups excluding carboxylic acids is 3. The molecule has 0 aliphatic rings. The fourth-order valence-electron chi connectivity index (χ4n) is 2.64. The normalized spacial score (nSPS) is 11.5. The maximum absolute atomic E-state index is 12.6. The van der Waals surface area contributed by atoms with Crippen molar-refractivity contribution in [1.82, 2.24) is 16.0 Å². The lowest BCUT2D eigenvalue weighted by atomic mass is 10.0. The predicted molar refractivity (Wildman–Crippen MR) is 103 cm³/mol. The minimum Gasteiger partial charge on any atom is -0.385 e. The minimum absolute atomic E-state index is 0.214. The summed E-state index contributed by atoms with van der Waals surface area (Å²) in [5.41, 5.74) is 2.27. The second kappa shape index (κ2) is 12.0. The van der Waals surface area contributed by atoms with Crippen LogP contribution in [0.3, 0.4) is 0 Å². The van der Waals surface area contributed by atoms with Crippen LogP contribution in [0.4, 0.5) is 5.69 Å². The number of hydrogen-bond donors (Lipinski definition) is 4. The van der Waals surface area contributed by atoms with Crippen LogP contribution in [-0.2, 0) is 9.59 Å². The first-order valence-electron chi connectivity index (χ1n) is 8.99. The standard InChI is InChI=1S/C19H30N4O3/c1-14-15(8-6-9-16(14)22-12-5-4-11-20-2)18(25)23-17(10-7-13-24)19(26)21-3/h6,8-9,13,17,20,22H,4-5,7,10-12H2,1-3H3,(H,21,26)(H,23,25).